The van der Waals surface area contributed by atoms with Crippen LogP contribution in [0.2, 0.25) is 0 Å². The molecule has 0 saturated carbocycles. The molecule has 31 heavy (non-hydrogen) atoms. The summed E-state index contributed by atoms with van der Waals surface area (Å²) < 4.78 is 27.2. The van der Waals surface area contributed by atoms with Crippen molar-refractivity contribution in [3.63, 3.8) is 0 Å². The van der Waals surface area contributed by atoms with E-state index >= 15 is 0 Å². The zero-order valence-corrected chi connectivity index (χ0v) is 18.6. The van der Waals surface area contributed by atoms with Gasteiger partial charge < -0.3 is 10.2 Å². The molecule has 0 aliphatic carbocycles. The van der Waals surface area contributed by atoms with Crippen molar-refractivity contribution in [2.75, 3.05) is 12.3 Å². The first-order valence-corrected chi connectivity index (χ1v) is 11.9. The summed E-state index contributed by atoms with van der Waals surface area (Å²) in [6.45, 7) is 3.59. The Morgan fingerprint density at radius 1 is 0.968 bits per heavy atom. The summed E-state index contributed by atoms with van der Waals surface area (Å²) in [5.74, 6) is -2.41. The van der Waals surface area contributed by atoms with E-state index in [4.69, 9.17) is 0 Å². The van der Waals surface area contributed by atoms with Gasteiger partial charge in [-0.1, -0.05) is 56.3 Å². The Hall–Kier alpha value is -2.49. The predicted molar refractivity (Wildman–Crippen MR) is 119 cm³/mol. The first-order valence-electron chi connectivity index (χ1n) is 10.2. The molecule has 2 atom stereocenters. The lowest BCUT2D eigenvalue weighted by molar-refractivity contribution is -0.143. The van der Waals surface area contributed by atoms with Crippen LogP contribution < -0.4 is 10.0 Å². The molecule has 0 heterocycles. The number of fused-ring (bicyclic) bond motifs is 1. The average molecular weight is 451 g/mol. The molecule has 0 radical (unpaired) electrons. The number of nitrogens with one attached hydrogen (secondary N) is 2. The summed E-state index contributed by atoms with van der Waals surface area (Å²) in [6.07, 6.45) is 0.535. The number of benzene rings is 2. The lowest BCUT2D eigenvalue weighted by Crippen LogP contribution is -2.49. The van der Waals surface area contributed by atoms with Crippen molar-refractivity contribution in [2.45, 2.75) is 45.2 Å². The molecule has 0 saturated heterocycles. The fourth-order valence-electron chi connectivity index (χ4n) is 3.42. The van der Waals surface area contributed by atoms with Crippen molar-refractivity contribution in [3.05, 3.63) is 48.0 Å². The number of aliphatic carboxylic acids is 2. The monoisotopic (exact) mass is 450 g/mol. The summed E-state index contributed by atoms with van der Waals surface area (Å²) in [5, 5.41) is 23.3. The molecule has 8 nitrogen and oxygen atoms in total. The molecule has 0 fully saturated rings. The molecule has 9 heteroatoms. The molecule has 2 aromatic carbocycles. The van der Waals surface area contributed by atoms with Gasteiger partial charge in [-0.2, -0.15) is 0 Å². The topological polar surface area (TPSA) is 133 Å². The van der Waals surface area contributed by atoms with Gasteiger partial charge in [0.05, 0.1) is 5.75 Å². The highest BCUT2D eigenvalue weighted by molar-refractivity contribution is 7.89. The van der Waals surface area contributed by atoms with Crippen molar-refractivity contribution in [2.24, 2.45) is 5.92 Å². The normalized spacial score (nSPS) is 13.9. The molecular weight excluding hydrogens is 420 g/mol. The van der Waals surface area contributed by atoms with Crippen molar-refractivity contribution in [1.82, 2.24) is 10.0 Å². The van der Waals surface area contributed by atoms with Crippen molar-refractivity contribution >= 4 is 32.7 Å². The van der Waals surface area contributed by atoms with Gasteiger partial charge in [0.15, 0.2) is 0 Å². The van der Waals surface area contributed by atoms with Crippen LogP contribution in [0.5, 0.6) is 0 Å². The molecule has 0 bridgehead atoms. The van der Waals surface area contributed by atoms with Gasteiger partial charge in [-0.05, 0) is 41.5 Å². The van der Waals surface area contributed by atoms with Gasteiger partial charge in [-0.25, -0.2) is 13.1 Å². The Labute approximate surface area is 182 Å². The zero-order chi connectivity index (χ0) is 23.0. The van der Waals surface area contributed by atoms with Crippen LogP contribution in [-0.4, -0.2) is 55.0 Å². The van der Waals surface area contributed by atoms with Gasteiger partial charge in [0.1, 0.15) is 12.1 Å². The maximum atomic E-state index is 12.4. The average Bonchev–Trinajstić information content (AvgIpc) is 2.70. The third-order valence-corrected chi connectivity index (χ3v) is 6.37. The van der Waals surface area contributed by atoms with Gasteiger partial charge in [-0.15, -0.1) is 0 Å². The van der Waals surface area contributed by atoms with Crippen LogP contribution in [0.1, 0.15) is 32.3 Å². The Balaban J connectivity index is 1.92. The van der Waals surface area contributed by atoms with Gasteiger partial charge in [0, 0.05) is 6.54 Å². The first kappa shape index (κ1) is 24.8. The predicted octanol–water partition coefficient (Wildman–Crippen LogP) is 2.23. The highest BCUT2D eigenvalue weighted by Crippen LogP contribution is 2.19. The smallest absolute Gasteiger partial charge is 0.320 e. The summed E-state index contributed by atoms with van der Waals surface area (Å²) in [7, 11) is -3.62. The van der Waals surface area contributed by atoms with Crippen molar-refractivity contribution in [3.8, 4) is 0 Å². The van der Waals surface area contributed by atoms with E-state index < -0.39 is 34.0 Å². The van der Waals surface area contributed by atoms with E-state index in [0.29, 0.717) is 6.42 Å². The lowest BCUT2D eigenvalue weighted by atomic mass is 10.0. The van der Waals surface area contributed by atoms with Gasteiger partial charge in [-0.3, -0.25) is 14.9 Å². The SMILES string of the molecule is CC(C)C[C@H](N[C@@H](CCNS(=O)(=O)CCc1cccc2ccccc12)C(=O)O)C(=O)O. The maximum absolute atomic E-state index is 12.4. The molecular formula is C22H30N2O6S. The van der Waals surface area contributed by atoms with E-state index in [1.54, 1.807) is 0 Å². The first-order chi connectivity index (χ1) is 14.6. The standard InChI is InChI=1S/C22H30N2O6S/c1-15(2)14-20(22(27)28)24-19(21(25)26)10-12-23-31(29,30)13-11-17-8-5-7-16-6-3-4-9-18(16)17/h3-9,15,19-20,23-24H,10-14H2,1-2H3,(H,25,26)(H,27,28)/t19-,20-/m0/s1. The molecule has 2 rings (SSSR count). The summed E-state index contributed by atoms with van der Waals surface area (Å²) >= 11 is 0. The van der Waals surface area contributed by atoms with Crippen LogP contribution in [0.3, 0.4) is 0 Å². The highest BCUT2D eigenvalue weighted by Gasteiger charge is 2.26. The minimum absolute atomic E-state index is 0.0648. The second-order valence-corrected chi connectivity index (χ2v) is 9.89. The van der Waals surface area contributed by atoms with E-state index in [0.717, 1.165) is 16.3 Å². The molecule has 2 aromatic rings. The number of carboxylic acid groups (broad SMARTS) is 2. The van der Waals surface area contributed by atoms with E-state index in [1.165, 1.54) is 0 Å². The summed E-state index contributed by atoms with van der Waals surface area (Å²) in [5.41, 5.74) is 0.923. The van der Waals surface area contributed by atoms with Crippen molar-refractivity contribution < 1.29 is 28.2 Å². The number of hydrogen-bond acceptors (Lipinski definition) is 5. The number of carboxylic acids is 2. The van der Waals surface area contributed by atoms with E-state index in [2.05, 4.69) is 10.0 Å². The number of sulfonamides is 1. The molecule has 0 aliphatic heterocycles. The van der Waals surface area contributed by atoms with Crippen LogP contribution in [0, 0.1) is 5.92 Å². The summed E-state index contributed by atoms with van der Waals surface area (Å²) in [6, 6.07) is 11.3. The second-order valence-electron chi connectivity index (χ2n) is 7.97. The molecule has 0 unspecified atom stereocenters. The number of hydrogen-bond donors (Lipinski definition) is 4. The zero-order valence-electron chi connectivity index (χ0n) is 17.7. The maximum Gasteiger partial charge on any atom is 0.320 e. The third kappa shape index (κ3) is 7.93. The molecule has 0 aliphatic rings. The lowest BCUT2D eigenvalue weighted by Gasteiger charge is -2.21. The van der Waals surface area contributed by atoms with E-state index in [-0.39, 0.29) is 31.1 Å². The number of carbonyl (C=O) groups is 2. The molecule has 170 valence electrons. The van der Waals surface area contributed by atoms with Crippen molar-refractivity contribution in [1.29, 1.82) is 0 Å². The minimum Gasteiger partial charge on any atom is -0.480 e. The Morgan fingerprint density at radius 2 is 1.61 bits per heavy atom. The van der Waals surface area contributed by atoms with E-state index in [9.17, 15) is 28.2 Å². The molecule has 0 aromatic heterocycles. The fraction of sp³-hybridized carbons (Fsp3) is 0.455. The highest BCUT2D eigenvalue weighted by atomic mass is 32.2. The van der Waals surface area contributed by atoms with Crippen LogP contribution in [0.4, 0.5) is 0 Å². The molecule has 0 spiro atoms. The minimum atomic E-state index is -3.62. The van der Waals surface area contributed by atoms with Gasteiger partial charge >= 0.3 is 11.9 Å². The van der Waals surface area contributed by atoms with E-state index in [1.807, 2.05) is 56.3 Å². The Bertz CT molecular complexity index is 1000. The quantitative estimate of drug-likeness (QED) is 0.368. The van der Waals surface area contributed by atoms with Gasteiger partial charge in [0.25, 0.3) is 0 Å². The van der Waals surface area contributed by atoms with Gasteiger partial charge in [0.2, 0.25) is 10.0 Å². The Morgan fingerprint density at radius 3 is 2.26 bits per heavy atom. The van der Waals surface area contributed by atoms with Crippen LogP contribution in [0.25, 0.3) is 10.8 Å². The molecule has 4 N–H and O–H groups in total. The largest absolute Gasteiger partial charge is 0.480 e. The third-order valence-electron chi connectivity index (χ3n) is 4.98. The van der Waals surface area contributed by atoms with Crippen LogP contribution >= 0.6 is 0 Å². The summed E-state index contributed by atoms with van der Waals surface area (Å²) in [4.78, 5) is 22.9. The Kier molecular flexibility index (Phi) is 8.97. The fourth-order valence-corrected chi connectivity index (χ4v) is 4.48. The number of aryl methyl sites for hydroxylation is 1. The molecule has 0 amide bonds. The van der Waals surface area contributed by atoms with Crippen LogP contribution in [-0.2, 0) is 26.0 Å². The second kappa shape index (κ2) is 11.2. The number of rotatable bonds is 13. The van der Waals surface area contributed by atoms with Crippen LogP contribution in [0.15, 0.2) is 42.5 Å².